The standard InChI is InChI=1S/C10H14N2O2/c1-7(14-8(2)13)9-3-4-10(5-11)12-6-9/h3-4,6-7H,5,11H2,1-2H3. The molecule has 0 saturated heterocycles. The lowest BCUT2D eigenvalue weighted by molar-refractivity contribution is -0.145. The Bertz CT molecular complexity index is 308. The molecular formula is C10H14N2O2. The topological polar surface area (TPSA) is 65.2 Å². The summed E-state index contributed by atoms with van der Waals surface area (Å²) in [6.45, 7) is 3.61. The molecule has 0 radical (unpaired) electrons. The summed E-state index contributed by atoms with van der Waals surface area (Å²) in [6.07, 6.45) is 1.42. The number of hydrogen-bond acceptors (Lipinski definition) is 4. The van der Waals surface area contributed by atoms with Crippen LogP contribution in [0.15, 0.2) is 18.3 Å². The van der Waals surface area contributed by atoms with E-state index >= 15 is 0 Å². The average Bonchev–Trinajstić information content (AvgIpc) is 2.17. The first-order valence-electron chi connectivity index (χ1n) is 4.45. The van der Waals surface area contributed by atoms with Gasteiger partial charge in [0.2, 0.25) is 0 Å². The van der Waals surface area contributed by atoms with E-state index in [4.69, 9.17) is 10.5 Å². The second kappa shape index (κ2) is 4.72. The number of esters is 1. The maximum Gasteiger partial charge on any atom is 0.303 e. The minimum absolute atomic E-state index is 0.258. The summed E-state index contributed by atoms with van der Waals surface area (Å²) < 4.78 is 5.00. The van der Waals surface area contributed by atoms with Gasteiger partial charge in [0, 0.05) is 25.2 Å². The van der Waals surface area contributed by atoms with E-state index in [1.54, 1.807) is 13.1 Å². The first-order chi connectivity index (χ1) is 6.63. The molecule has 0 aliphatic carbocycles. The third-order valence-electron chi connectivity index (χ3n) is 1.87. The van der Waals surface area contributed by atoms with Crippen molar-refractivity contribution in [3.8, 4) is 0 Å². The van der Waals surface area contributed by atoms with Gasteiger partial charge in [-0.25, -0.2) is 0 Å². The van der Waals surface area contributed by atoms with Crippen LogP contribution in [-0.2, 0) is 16.1 Å². The maximum atomic E-state index is 10.7. The van der Waals surface area contributed by atoms with Gasteiger partial charge in [0.1, 0.15) is 6.10 Å². The summed E-state index contributed by atoms with van der Waals surface area (Å²) in [6, 6.07) is 3.69. The van der Waals surface area contributed by atoms with Gasteiger partial charge < -0.3 is 10.5 Å². The molecule has 1 rings (SSSR count). The fraction of sp³-hybridized carbons (Fsp3) is 0.400. The highest BCUT2D eigenvalue weighted by Gasteiger charge is 2.08. The maximum absolute atomic E-state index is 10.7. The molecule has 0 amide bonds. The second-order valence-electron chi connectivity index (χ2n) is 3.04. The quantitative estimate of drug-likeness (QED) is 0.733. The van der Waals surface area contributed by atoms with Crippen LogP contribution in [0.3, 0.4) is 0 Å². The molecular weight excluding hydrogens is 180 g/mol. The van der Waals surface area contributed by atoms with Gasteiger partial charge in [-0.1, -0.05) is 6.07 Å². The number of carbonyl (C=O) groups is 1. The summed E-state index contributed by atoms with van der Waals surface area (Å²) in [5, 5.41) is 0. The lowest BCUT2D eigenvalue weighted by Crippen LogP contribution is -2.06. The molecule has 1 heterocycles. The van der Waals surface area contributed by atoms with Gasteiger partial charge in [-0.3, -0.25) is 9.78 Å². The number of aromatic nitrogens is 1. The Morgan fingerprint density at radius 3 is 2.79 bits per heavy atom. The van der Waals surface area contributed by atoms with E-state index in [1.165, 1.54) is 6.92 Å². The number of carbonyl (C=O) groups excluding carboxylic acids is 1. The number of pyridine rings is 1. The molecule has 1 aromatic heterocycles. The van der Waals surface area contributed by atoms with Crippen LogP contribution in [0.4, 0.5) is 0 Å². The first-order valence-corrected chi connectivity index (χ1v) is 4.45. The Morgan fingerprint density at radius 1 is 1.64 bits per heavy atom. The van der Waals surface area contributed by atoms with E-state index in [0.29, 0.717) is 6.54 Å². The Morgan fingerprint density at radius 2 is 2.36 bits per heavy atom. The molecule has 0 fully saturated rings. The van der Waals surface area contributed by atoms with Crippen LogP contribution in [-0.4, -0.2) is 11.0 Å². The average molecular weight is 194 g/mol. The lowest BCUT2D eigenvalue weighted by Gasteiger charge is -2.11. The van der Waals surface area contributed by atoms with Gasteiger partial charge in [-0.2, -0.15) is 0 Å². The summed E-state index contributed by atoms with van der Waals surface area (Å²) in [5.41, 5.74) is 7.10. The van der Waals surface area contributed by atoms with Gasteiger partial charge in [0.25, 0.3) is 0 Å². The molecule has 76 valence electrons. The molecule has 4 nitrogen and oxygen atoms in total. The molecule has 4 heteroatoms. The minimum atomic E-state index is -0.291. The summed E-state index contributed by atoms with van der Waals surface area (Å²) in [4.78, 5) is 14.8. The number of rotatable bonds is 3. The molecule has 0 aliphatic rings. The third-order valence-corrected chi connectivity index (χ3v) is 1.87. The van der Waals surface area contributed by atoms with E-state index in [0.717, 1.165) is 11.3 Å². The fourth-order valence-corrected chi connectivity index (χ4v) is 1.11. The number of hydrogen-bond donors (Lipinski definition) is 1. The highest BCUT2D eigenvalue weighted by atomic mass is 16.5. The van der Waals surface area contributed by atoms with Crippen LogP contribution in [0, 0.1) is 0 Å². The molecule has 0 saturated carbocycles. The molecule has 1 aromatic rings. The van der Waals surface area contributed by atoms with Crippen LogP contribution in [0.1, 0.15) is 31.2 Å². The van der Waals surface area contributed by atoms with Crippen LogP contribution >= 0.6 is 0 Å². The Balaban J connectivity index is 2.71. The summed E-state index contributed by atoms with van der Waals surface area (Å²) in [5.74, 6) is -0.291. The van der Waals surface area contributed by atoms with E-state index in [9.17, 15) is 4.79 Å². The van der Waals surface area contributed by atoms with Crippen molar-refractivity contribution in [3.05, 3.63) is 29.6 Å². The molecule has 0 bridgehead atoms. The predicted molar refractivity (Wildman–Crippen MR) is 52.3 cm³/mol. The van der Waals surface area contributed by atoms with E-state index in [2.05, 4.69) is 4.98 Å². The van der Waals surface area contributed by atoms with Crippen molar-refractivity contribution in [2.75, 3.05) is 0 Å². The van der Waals surface area contributed by atoms with E-state index < -0.39 is 0 Å². The zero-order valence-corrected chi connectivity index (χ0v) is 8.36. The molecule has 2 N–H and O–H groups in total. The van der Waals surface area contributed by atoms with Crippen LogP contribution in [0.2, 0.25) is 0 Å². The van der Waals surface area contributed by atoms with Crippen molar-refractivity contribution in [2.24, 2.45) is 5.73 Å². The molecule has 0 spiro atoms. The van der Waals surface area contributed by atoms with Crippen molar-refractivity contribution in [2.45, 2.75) is 26.5 Å². The molecule has 0 aromatic carbocycles. The smallest absolute Gasteiger partial charge is 0.303 e. The zero-order valence-electron chi connectivity index (χ0n) is 8.36. The summed E-state index contributed by atoms with van der Waals surface area (Å²) in [7, 11) is 0. The largest absolute Gasteiger partial charge is 0.458 e. The number of ether oxygens (including phenoxy) is 1. The van der Waals surface area contributed by atoms with Gasteiger partial charge >= 0.3 is 5.97 Å². The van der Waals surface area contributed by atoms with Gasteiger partial charge in [0.05, 0.1) is 5.69 Å². The Labute approximate surface area is 83.1 Å². The van der Waals surface area contributed by atoms with Crippen LogP contribution in [0.5, 0.6) is 0 Å². The van der Waals surface area contributed by atoms with Crippen LogP contribution < -0.4 is 5.73 Å². The summed E-state index contributed by atoms with van der Waals surface area (Å²) >= 11 is 0. The van der Waals surface area contributed by atoms with Crippen molar-refractivity contribution in [1.29, 1.82) is 0 Å². The van der Waals surface area contributed by atoms with Gasteiger partial charge in [-0.15, -0.1) is 0 Å². The normalized spacial score (nSPS) is 12.2. The van der Waals surface area contributed by atoms with Crippen molar-refractivity contribution < 1.29 is 9.53 Å². The van der Waals surface area contributed by atoms with E-state index in [-0.39, 0.29) is 12.1 Å². The predicted octanol–water partition coefficient (Wildman–Crippen LogP) is 1.16. The monoisotopic (exact) mass is 194 g/mol. The van der Waals surface area contributed by atoms with Crippen molar-refractivity contribution in [1.82, 2.24) is 4.98 Å². The second-order valence-corrected chi connectivity index (χ2v) is 3.04. The Kier molecular flexibility index (Phi) is 3.59. The fourth-order valence-electron chi connectivity index (χ4n) is 1.11. The molecule has 1 unspecified atom stereocenters. The third kappa shape index (κ3) is 2.81. The first kappa shape index (κ1) is 10.7. The lowest BCUT2D eigenvalue weighted by atomic mass is 10.2. The SMILES string of the molecule is CC(=O)OC(C)c1ccc(CN)nc1. The number of nitrogens with zero attached hydrogens (tertiary/aromatic N) is 1. The highest BCUT2D eigenvalue weighted by Crippen LogP contribution is 2.15. The molecule has 1 atom stereocenters. The zero-order chi connectivity index (χ0) is 10.6. The van der Waals surface area contributed by atoms with Gasteiger partial charge in [-0.05, 0) is 13.0 Å². The minimum Gasteiger partial charge on any atom is -0.458 e. The van der Waals surface area contributed by atoms with Crippen molar-refractivity contribution in [3.63, 3.8) is 0 Å². The highest BCUT2D eigenvalue weighted by molar-refractivity contribution is 5.66. The Hall–Kier alpha value is -1.42. The van der Waals surface area contributed by atoms with Crippen LogP contribution in [0.25, 0.3) is 0 Å². The van der Waals surface area contributed by atoms with E-state index in [1.807, 2.05) is 12.1 Å². The van der Waals surface area contributed by atoms with Crippen molar-refractivity contribution >= 4 is 5.97 Å². The molecule has 0 aliphatic heterocycles. The van der Waals surface area contributed by atoms with Gasteiger partial charge in [0.15, 0.2) is 0 Å². The molecule has 14 heavy (non-hydrogen) atoms. The number of nitrogens with two attached hydrogens (primary N) is 1.